The van der Waals surface area contributed by atoms with E-state index in [0.29, 0.717) is 29.0 Å². The Morgan fingerprint density at radius 2 is 1.85 bits per heavy atom. The van der Waals surface area contributed by atoms with Crippen LogP contribution in [-0.4, -0.2) is 31.2 Å². The van der Waals surface area contributed by atoms with E-state index in [1.54, 1.807) is 42.5 Å². The number of benzene rings is 2. The standard InChI is InChI=1S/C20H20N4O3/c21-12-14-3-1-4-15(11-14)19(25)23-16-6-8-17(9-7-16)24-20(26)22-13-18-5-2-10-27-18/h1,3-4,6-9,11,18H,2,5,10,13H2,(H,23,25)(H2,22,24,26). The number of rotatable bonds is 5. The Morgan fingerprint density at radius 1 is 1.11 bits per heavy atom. The van der Waals surface area contributed by atoms with Crippen molar-refractivity contribution in [1.82, 2.24) is 5.32 Å². The van der Waals surface area contributed by atoms with Gasteiger partial charge in [-0.15, -0.1) is 0 Å². The van der Waals surface area contributed by atoms with Crippen molar-refractivity contribution in [2.75, 3.05) is 23.8 Å². The maximum atomic E-state index is 12.2. The molecular formula is C20H20N4O3. The number of amides is 3. The fourth-order valence-electron chi connectivity index (χ4n) is 2.76. The van der Waals surface area contributed by atoms with Gasteiger partial charge in [0, 0.05) is 30.1 Å². The molecule has 1 aliphatic rings. The van der Waals surface area contributed by atoms with Gasteiger partial charge < -0.3 is 20.7 Å². The van der Waals surface area contributed by atoms with E-state index in [0.717, 1.165) is 19.4 Å². The van der Waals surface area contributed by atoms with E-state index in [1.807, 2.05) is 6.07 Å². The summed E-state index contributed by atoms with van der Waals surface area (Å²) >= 11 is 0. The van der Waals surface area contributed by atoms with Gasteiger partial charge in [-0.2, -0.15) is 5.26 Å². The molecular weight excluding hydrogens is 344 g/mol. The highest BCUT2D eigenvalue weighted by Crippen LogP contribution is 2.15. The molecule has 1 fully saturated rings. The topological polar surface area (TPSA) is 103 Å². The van der Waals surface area contributed by atoms with E-state index in [4.69, 9.17) is 10.00 Å². The first-order valence-corrected chi connectivity index (χ1v) is 8.72. The van der Waals surface area contributed by atoms with Crippen LogP contribution in [-0.2, 0) is 4.74 Å². The molecule has 138 valence electrons. The zero-order valence-electron chi connectivity index (χ0n) is 14.7. The molecule has 7 nitrogen and oxygen atoms in total. The van der Waals surface area contributed by atoms with Crippen molar-refractivity contribution in [3.8, 4) is 6.07 Å². The van der Waals surface area contributed by atoms with E-state index < -0.39 is 0 Å². The van der Waals surface area contributed by atoms with Crippen LogP contribution in [0, 0.1) is 11.3 Å². The molecule has 0 spiro atoms. The van der Waals surface area contributed by atoms with Crippen LogP contribution in [0.5, 0.6) is 0 Å². The number of carbonyl (C=O) groups excluding carboxylic acids is 2. The largest absolute Gasteiger partial charge is 0.376 e. The Hall–Kier alpha value is -3.37. The van der Waals surface area contributed by atoms with Gasteiger partial charge in [0.2, 0.25) is 0 Å². The number of nitrogens with one attached hydrogen (secondary N) is 3. The van der Waals surface area contributed by atoms with Crippen LogP contribution >= 0.6 is 0 Å². The number of nitriles is 1. The minimum Gasteiger partial charge on any atom is -0.376 e. The van der Waals surface area contributed by atoms with Crippen molar-refractivity contribution in [2.24, 2.45) is 0 Å². The van der Waals surface area contributed by atoms with E-state index in [1.165, 1.54) is 6.07 Å². The first-order valence-electron chi connectivity index (χ1n) is 8.72. The van der Waals surface area contributed by atoms with Crippen molar-refractivity contribution in [1.29, 1.82) is 5.26 Å². The van der Waals surface area contributed by atoms with Gasteiger partial charge in [-0.3, -0.25) is 4.79 Å². The lowest BCUT2D eigenvalue weighted by molar-refractivity contribution is 0.102. The van der Waals surface area contributed by atoms with Gasteiger partial charge in [0.1, 0.15) is 0 Å². The second kappa shape index (κ2) is 8.83. The summed E-state index contributed by atoms with van der Waals surface area (Å²) in [6.45, 7) is 1.24. The number of nitrogens with zero attached hydrogens (tertiary/aromatic N) is 1. The van der Waals surface area contributed by atoms with E-state index in [-0.39, 0.29) is 18.0 Å². The third-order valence-electron chi connectivity index (χ3n) is 4.17. The molecule has 7 heteroatoms. The highest BCUT2D eigenvalue weighted by atomic mass is 16.5. The molecule has 3 amide bonds. The molecule has 3 rings (SSSR count). The molecule has 0 bridgehead atoms. The molecule has 1 heterocycles. The summed E-state index contributed by atoms with van der Waals surface area (Å²) in [7, 11) is 0. The maximum Gasteiger partial charge on any atom is 0.319 e. The zero-order chi connectivity index (χ0) is 19.1. The summed E-state index contributed by atoms with van der Waals surface area (Å²) in [5.74, 6) is -0.304. The normalized spacial score (nSPS) is 15.6. The fraction of sp³-hybridized carbons (Fsp3) is 0.250. The lowest BCUT2D eigenvalue weighted by Crippen LogP contribution is -2.35. The lowest BCUT2D eigenvalue weighted by Gasteiger charge is -2.12. The molecule has 27 heavy (non-hydrogen) atoms. The Balaban J connectivity index is 1.51. The minimum absolute atomic E-state index is 0.0906. The van der Waals surface area contributed by atoms with Gasteiger partial charge in [0.05, 0.1) is 17.7 Å². The molecule has 0 radical (unpaired) electrons. The lowest BCUT2D eigenvalue weighted by atomic mass is 10.1. The van der Waals surface area contributed by atoms with Gasteiger partial charge in [0.25, 0.3) is 5.91 Å². The fourth-order valence-corrected chi connectivity index (χ4v) is 2.76. The summed E-state index contributed by atoms with van der Waals surface area (Å²) in [5.41, 5.74) is 2.04. The van der Waals surface area contributed by atoms with Crippen molar-refractivity contribution in [2.45, 2.75) is 18.9 Å². The van der Waals surface area contributed by atoms with Crippen LogP contribution < -0.4 is 16.0 Å². The van der Waals surface area contributed by atoms with Gasteiger partial charge in [0.15, 0.2) is 0 Å². The Bertz CT molecular complexity index is 852. The number of hydrogen-bond acceptors (Lipinski definition) is 4. The number of ether oxygens (including phenoxy) is 1. The number of anilines is 2. The summed E-state index contributed by atoms with van der Waals surface area (Å²) in [6.07, 6.45) is 2.08. The molecule has 0 saturated carbocycles. The summed E-state index contributed by atoms with van der Waals surface area (Å²) in [6, 6.07) is 15.0. The van der Waals surface area contributed by atoms with E-state index in [9.17, 15) is 9.59 Å². The molecule has 1 saturated heterocycles. The van der Waals surface area contributed by atoms with E-state index in [2.05, 4.69) is 16.0 Å². The Labute approximate surface area is 157 Å². The predicted octanol–water partition coefficient (Wildman–Crippen LogP) is 3.11. The van der Waals surface area contributed by atoms with Crippen LogP contribution in [0.2, 0.25) is 0 Å². The van der Waals surface area contributed by atoms with Crippen molar-refractivity contribution in [3.63, 3.8) is 0 Å². The molecule has 1 aliphatic heterocycles. The van der Waals surface area contributed by atoms with E-state index >= 15 is 0 Å². The average molecular weight is 364 g/mol. The molecule has 1 atom stereocenters. The molecule has 0 aromatic heterocycles. The van der Waals surface area contributed by atoms with Crippen molar-refractivity contribution >= 4 is 23.3 Å². The third kappa shape index (κ3) is 5.30. The van der Waals surface area contributed by atoms with Gasteiger partial charge in [-0.1, -0.05) is 6.07 Å². The minimum atomic E-state index is -0.304. The molecule has 3 N–H and O–H groups in total. The monoisotopic (exact) mass is 364 g/mol. The van der Waals surface area contributed by atoms with Crippen LogP contribution in [0.3, 0.4) is 0 Å². The highest BCUT2D eigenvalue weighted by Gasteiger charge is 2.16. The zero-order valence-corrected chi connectivity index (χ0v) is 14.7. The smallest absolute Gasteiger partial charge is 0.319 e. The summed E-state index contributed by atoms with van der Waals surface area (Å²) in [4.78, 5) is 24.1. The van der Waals surface area contributed by atoms with Crippen molar-refractivity contribution in [3.05, 3.63) is 59.7 Å². The first-order chi connectivity index (χ1) is 13.1. The van der Waals surface area contributed by atoms with Gasteiger partial charge in [-0.05, 0) is 55.3 Å². The first kappa shape index (κ1) is 18.4. The van der Waals surface area contributed by atoms with Crippen molar-refractivity contribution < 1.29 is 14.3 Å². The molecule has 1 unspecified atom stereocenters. The number of urea groups is 1. The third-order valence-corrected chi connectivity index (χ3v) is 4.17. The van der Waals surface area contributed by atoms with Crippen LogP contribution in [0.15, 0.2) is 48.5 Å². The summed E-state index contributed by atoms with van der Waals surface area (Å²) < 4.78 is 5.46. The quantitative estimate of drug-likeness (QED) is 0.758. The van der Waals surface area contributed by atoms with Gasteiger partial charge in [-0.25, -0.2) is 4.79 Å². The van der Waals surface area contributed by atoms with Crippen LogP contribution in [0.4, 0.5) is 16.2 Å². The second-order valence-corrected chi connectivity index (χ2v) is 6.19. The molecule has 0 aliphatic carbocycles. The highest BCUT2D eigenvalue weighted by molar-refractivity contribution is 6.04. The van der Waals surface area contributed by atoms with Gasteiger partial charge >= 0.3 is 6.03 Å². The number of carbonyl (C=O) groups is 2. The maximum absolute atomic E-state index is 12.2. The number of hydrogen-bond donors (Lipinski definition) is 3. The van der Waals surface area contributed by atoms with Crippen LogP contribution in [0.1, 0.15) is 28.8 Å². The molecule has 2 aromatic rings. The molecule has 2 aromatic carbocycles. The Morgan fingerprint density at radius 3 is 2.52 bits per heavy atom. The van der Waals surface area contributed by atoms with Crippen LogP contribution in [0.25, 0.3) is 0 Å². The average Bonchev–Trinajstić information content (AvgIpc) is 3.21. The predicted molar refractivity (Wildman–Crippen MR) is 102 cm³/mol. The Kier molecular flexibility index (Phi) is 6.02. The SMILES string of the molecule is N#Cc1cccc(C(=O)Nc2ccc(NC(=O)NCC3CCCO3)cc2)c1. The summed E-state index contributed by atoms with van der Waals surface area (Å²) in [5, 5.41) is 17.2. The second-order valence-electron chi connectivity index (χ2n) is 6.19.